The van der Waals surface area contributed by atoms with Crippen LogP contribution in [-0.2, 0) is 0 Å². The molecule has 0 spiro atoms. The van der Waals surface area contributed by atoms with Crippen LogP contribution in [0.1, 0.15) is 5.69 Å². The van der Waals surface area contributed by atoms with E-state index in [-0.39, 0.29) is 0 Å². The van der Waals surface area contributed by atoms with Crippen molar-refractivity contribution in [2.75, 3.05) is 0 Å². The van der Waals surface area contributed by atoms with E-state index in [0.29, 0.717) is 5.15 Å². The summed E-state index contributed by atoms with van der Waals surface area (Å²) in [6.07, 6.45) is 1.81. The molecule has 6 heteroatoms. The van der Waals surface area contributed by atoms with Gasteiger partial charge in [-0.3, -0.25) is 0 Å². The molecule has 20 heavy (non-hydrogen) atoms. The van der Waals surface area contributed by atoms with Gasteiger partial charge >= 0.3 is 0 Å². The largest absolute Gasteiger partial charge is 0.236 e. The maximum absolute atomic E-state index is 6.33. The summed E-state index contributed by atoms with van der Waals surface area (Å²) in [5.41, 5.74) is 4.41. The monoisotopic (exact) mass is 300 g/mol. The first-order chi connectivity index (χ1) is 9.72. The minimum Gasteiger partial charge on any atom is -0.236 e. The molecule has 0 radical (unpaired) electrons. The van der Waals surface area contributed by atoms with Crippen LogP contribution >= 0.6 is 22.9 Å². The predicted octanol–water partition coefficient (Wildman–Crippen LogP) is 3.97. The third-order valence-corrected chi connectivity index (χ3v) is 4.14. The Kier molecular flexibility index (Phi) is 2.52. The number of halogens is 1. The molecule has 0 aliphatic rings. The van der Waals surface area contributed by atoms with Gasteiger partial charge in [0.25, 0.3) is 0 Å². The van der Waals surface area contributed by atoms with E-state index in [4.69, 9.17) is 11.6 Å². The van der Waals surface area contributed by atoms with Gasteiger partial charge in [0.1, 0.15) is 5.15 Å². The lowest BCUT2D eigenvalue weighted by Gasteiger charge is -2.05. The molecule has 4 nitrogen and oxygen atoms in total. The van der Waals surface area contributed by atoms with Crippen LogP contribution in [-0.4, -0.2) is 19.6 Å². The number of pyridine rings is 1. The summed E-state index contributed by atoms with van der Waals surface area (Å²) >= 11 is 7.97. The zero-order valence-corrected chi connectivity index (χ0v) is 12.1. The SMILES string of the molecule is Cc1cc2ncc3cc(-c4ccsc4)c(Cl)nc3n2n1. The van der Waals surface area contributed by atoms with Crippen molar-refractivity contribution in [2.45, 2.75) is 6.92 Å². The summed E-state index contributed by atoms with van der Waals surface area (Å²) in [5.74, 6) is 0. The van der Waals surface area contributed by atoms with Gasteiger partial charge in [-0.25, -0.2) is 9.97 Å². The molecule has 0 atom stereocenters. The molecule has 4 aromatic heterocycles. The van der Waals surface area contributed by atoms with Crippen molar-refractivity contribution in [2.24, 2.45) is 0 Å². The Balaban J connectivity index is 2.08. The Morgan fingerprint density at radius 2 is 2.20 bits per heavy atom. The minimum absolute atomic E-state index is 0.483. The van der Waals surface area contributed by atoms with Gasteiger partial charge in [0.15, 0.2) is 11.3 Å². The number of aromatic nitrogens is 4. The van der Waals surface area contributed by atoms with Crippen molar-refractivity contribution in [1.29, 1.82) is 0 Å². The molecule has 0 saturated heterocycles. The summed E-state index contributed by atoms with van der Waals surface area (Å²) in [6, 6.07) is 5.96. The van der Waals surface area contributed by atoms with E-state index >= 15 is 0 Å². The van der Waals surface area contributed by atoms with Crippen molar-refractivity contribution in [1.82, 2.24) is 19.6 Å². The van der Waals surface area contributed by atoms with E-state index in [1.165, 1.54) is 0 Å². The second kappa shape index (κ2) is 4.26. The normalized spacial score (nSPS) is 11.5. The molecule has 0 aliphatic carbocycles. The van der Waals surface area contributed by atoms with Gasteiger partial charge in [-0.05, 0) is 35.4 Å². The highest BCUT2D eigenvalue weighted by Gasteiger charge is 2.11. The van der Waals surface area contributed by atoms with Crippen LogP contribution < -0.4 is 0 Å². The van der Waals surface area contributed by atoms with Crippen LogP contribution in [0.15, 0.2) is 35.2 Å². The molecular formula is C14H9ClN4S. The van der Waals surface area contributed by atoms with Crippen molar-refractivity contribution >= 4 is 39.6 Å². The molecule has 0 bridgehead atoms. The van der Waals surface area contributed by atoms with E-state index in [0.717, 1.165) is 33.5 Å². The van der Waals surface area contributed by atoms with Gasteiger partial charge in [0.2, 0.25) is 0 Å². The number of nitrogens with zero attached hydrogens (tertiary/aromatic N) is 4. The van der Waals surface area contributed by atoms with E-state index in [2.05, 4.69) is 20.4 Å². The van der Waals surface area contributed by atoms with Crippen LogP contribution in [0.4, 0.5) is 0 Å². The highest BCUT2D eigenvalue weighted by Crippen LogP contribution is 2.31. The summed E-state index contributed by atoms with van der Waals surface area (Å²) in [7, 11) is 0. The van der Waals surface area contributed by atoms with Crippen molar-refractivity contribution in [3.63, 3.8) is 0 Å². The average molecular weight is 301 g/mol. The van der Waals surface area contributed by atoms with Gasteiger partial charge in [-0.1, -0.05) is 11.6 Å². The van der Waals surface area contributed by atoms with Crippen LogP contribution in [0, 0.1) is 6.92 Å². The van der Waals surface area contributed by atoms with Gasteiger partial charge in [-0.2, -0.15) is 21.0 Å². The number of fused-ring (bicyclic) bond motifs is 3. The molecule has 0 saturated carbocycles. The molecule has 4 heterocycles. The molecule has 0 amide bonds. The molecule has 0 N–H and O–H groups in total. The fourth-order valence-electron chi connectivity index (χ4n) is 2.25. The molecule has 0 aliphatic heterocycles. The van der Waals surface area contributed by atoms with E-state index in [1.54, 1.807) is 15.9 Å². The third-order valence-electron chi connectivity index (χ3n) is 3.17. The zero-order valence-electron chi connectivity index (χ0n) is 10.5. The Morgan fingerprint density at radius 1 is 1.30 bits per heavy atom. The zero-order chi connectivity index (χ0) is 13.7. The van der Waals surface area contributed by atoms with Gasteiger partial charge in [0, 0.05) is 23.2 Å². The second-order valence-electron chi connectivity index (χ2n) is 4.57. The Bertz CT molecular complexity index is 927. The van der Waals surface area contributed by atoms with Gasteiger partial charge in [-0.15, -0.1) is 0 Å². The van der Waals surface area contributed by atoms with Crippen LogP contribution in [0.3, 0.4) is 0 Å². The van der Waals surface area contributed by atoms with Crippen LogP contribution in [0.5, 0.6) is 0 Å². The molecular weight excluding hydrogens is 292 g/mol. The smallest absolute Gasteiger partial charge is 0.166 e. The molecule has 0 fully saturated rings. The summed E-state index contributed by atoms with van der Waals surface area (Å²) in [6.45, 7) is 1.93. The first kappa shape index (κ1) is 11.8. The first-order valence-electron chi connectivity index (χ1n) is 6.06. The third kappa shape index (κ3) is 1.71. The highest BCUT2D eigenvalue weighted by molar-refractivity contribution is 7.08. The van der Waals surface area contributed by atoms with Crippen molar-refractivity contribution in [3.8, 4) is 11.1 Å². The summed E-state index contributed by atoms with van der Waals surface area (Å²) in [4.78, 5) is 8.91. The van der Waals surface area contributed by atoms with E-state index < -0.39 is 0 Å². The minimum atomic E-state index is 0.483. The standard InChI is InChI=1S/C14H9ClN4S/c1-8-4-12-16-6-10-5-11(9-2-3-20-7-9)13(15)17-14(10)19(12)18-8/h2-7H,1H3. The number of hydrogen-bond acceptors (Lipinski definition) is 4. The van der Waals surface area contributed by atoms with Crippen molar-refractivity contribution in [3.05, 3.63) is 46.0 Å². The van der Waals surface area contributed by atoms with Crippen LogP contribution in [0.2, 0.25) is 5.15 Å². The predicted molar refractivity (Wildman–Crippen MR) is 81.3 cm³/mol. The Morgan fingerprint density at radius 3 is 3.00 bits per heavy atom. The fraction of sp³-hybridized carbons (Fsp3) is 0.0714. The van der Waals surface area contributed by atoms with E-state index in [1.807, 2.05) is 36.7 Å². The lowest BCUT2D eigenvalue weighted by molar-refractivity contribution is 0.939. The number of aryl methyl sites for hydroxylation is 1. The maximum Gasteiger partial charge on any atom is 0.166 e. The second-order valence-corrected chi connectivity index (χ2v) is 5.70. The number of hydrogen-bond donors (Lipinski definition) is 0. The molecule has 98 valence electrons. The first-order valence-corrected chi connectivity index (χ1v) is 7.39. The average Bonchev–Trinajstić information content (AvgIpc) is 3.06. The maximum atomic E-state index is 6.33. The molecule has 4 aromatic rings. The summed E-state index contributed by atoms with van der Waals surface area (Å²) in [5, 5.41) is 9.89. The van der Waals surface area contributed by atoms with Gasteiger partial charge < -0.3 is 0 Å². The summed E-state index contributed by atoms with van der Waals surface area (Å²) < 4.78 is 1.73. The van der Waals surface area contributed by atoms with E-state index in [9.17, 15) is 0 Å². The molecule has 0 aromatic carbocycles. The fourth-order valence-corrected chi connectivity index (χ4v) is 3.15. The van der Waals surface area contributed by atoms with Crippen LogP contribution in [0.25, 0.3) is 27.8 Å². The van der Waals surface area contributed by atoms with Crippen molar-refractivity contribution < 1.29 is 0 Å². The Labute approximate surface area is 123 Å². The number of thiophene rings is 1. The lowest BCUT2D eigenvalue weighted by Crippen LogP contribution is -1.97. The number of rotatable bonds is 1. The topological polar surface area (TPSA) is 43.1 Å². The lowest BCUT2D eigenvalue weighted by atomic mass is 10.1. The van der Waals surface area contributed by atoms with Gasteiger partial charge in [0.05, 0.1) is 5.69 Å². The Hall–Kier alpha value is -1.98. The highest BCUT2D eigenvalue weighted by atomic mass is 35.5. The quantitative estimate of drug-likeness (QED) is 0.500. The molecule has 0 unspecified atom stereocenters. The molecule has 4 rings (SSSR count).